The van der Waals surface area contributed by atoms with Gasteiger partial charge in [-0.05, 0) is 54.0 Å². The van der Waals surface area contributed by atoms with Crippen molar-refractivity contribution in [3.05, 3.63) is 28.2 Å². The number of hydrogen-bond acceptors (Lipinski definition) is 4. The molecule has 0 amide bonds. The van der Waals surface area contributed by atoms with Crippen molar-refractivity contribution in [1.29, 1.82) is 0 Å². The first kappa shape index (κ1) is 15.9. The zero-order valence-electron chi connectivity index (χ0n) is 11.5. The van der Waals surface area contributed by atoms with Gasteiger partial charge in [0.2, 0.25) is 10.0 Å². The van der Waals surface area contributed by atoms with Gasteiger partial charge in [0, 0.05) is 17.6 Å². The molecule has 1 aliphatic rings. The van der Waals surface area contributed by atoms with Crippen molar-refractivity contribution in [2.45, 2.75) is 36.9 Å². The molecule has 112 valence electrons. The van der Waals surface area contributed by atoms with Crippen LogP contribution in [-0.4, -0.2) is 34.2 Å². The number of nitrogens with one attached hydrogen (secondary N) is 2. The molecule has 2 atom stereocenters. The zero-order chi connectivity index (χ0) is 14.8. The Morgan fingerprint density at radius 3 is 2.75 bits per heavy atom. The minimum Gasteiger partial charge on any atom is -0.377 e. The van der Waals surface area contributed by atoms with E-state index in [1.54, 1.807) is 6.07 Å². The lowest BCUT2D eigenvalue weighted by atomic mass is 10.2. The normalized spacial score (nSPS) is 23.1. The van der Waals surface area contributed by atoms with Gasteiger partial charge in [-0.1, -0.05) is 6.07 Å². The van der Waals surface area contributed by atoms with Crippen molar-refractivity contribution < 1.29 is 13.2 Å². The summed E-state index contributed by atoms with van der Waals surface area (Å²) in [6.07, 6.45) is 0.614. The molecule has 1 aliphatic heterocycles. The molecule has 20 heavy (non-hydrogen) atoms. The van der Waals surface area contributed by atoms with Crippen LogP contribution in [-0.2, 0) is 21.3 Å². The Hall–Kier alpha value is -0.470. The number of benzene rings is 1. The maximum absolute atomic E-state index is 12.4. The lowest BCUT2D eigenvalue weighted by Crippen LogP contribution is -2.39. The van der Waals surface area contributed by atoms with Crippen LogP contribution in [0.25, 0.3) is 0 Å². The lowest BCUT2D eigenvalue weighted by molar-refractivity contribution is 0.117. The van der Waals surface area contributed by atoms with E-state index in [1.165, 1.54) is 0 Å². The van der Waals surface area contributed by atoms with E-state index in [1.807, 2.05) is 26.1 Å². The molecule has 0 aliphatic carbocycles. The Bertz CT molecular complexity index is 577. The van der Waals surface area contributed by atoms with E-state index in [4.69, 9.17) is 4.74 Å². The molecule has 1 aromatic carbocycles. The zero-order valence-corrected chi connectivity index (χ0v) is 13.9. The molecule has 0 saturated carbocycles. The second-order valence-electron chi connectivity index (χ2n) is 4.89. The van der Waals surface area contributed by atoms with Crippen LogP contribution in [0.5, 0.6) is 0 Å². The third-order valence-corrected chi connectivity index (χ3v) is 5.82. The molecule has 1 fully saturated rings. The van der Waals surface area contributed by atoms with Crippen LogP contribution in [0, 0.1) is 0 Å². The fourth-order valence-electron chi connectivity index (χ4n) is 2.23. The van der Waals surface area contributed by atoms with Gasteiger partial charge in [0.15, 0.2) is 0 Å². The molecule has 0 radical (unpaired) electrons. The average molecular weight is 363 g/mol. The lowest BCUT2D eigenvalue weighted by Gasteiger charge is -2.17. The van der Waals surface area contributed by atoms with Gasteiger partial charge in [-0.15, -0.1) is 0 Å². The molecule has 0 bridgehead atoms. The standard InChI is InChI=1S/C13H19BrN2O3S/c1-9-12(5-6-19-9)16-20(17,18)13-4-3-10(8-15-2)7-11(13)14/h3-4,7,9,12,15-16H,5-6,8H2,1-2H3. The molecular formula is C13H19BrN2O3S. The Balaban J connectivity index is 2.20. The van der Waals surface area contributed by atoms with Gasteiger partial charge in [0.25, 0.3) is 0 Å². The van der Waals surface area contributed by atoms with E-state index < -0.39 is 10.0 Å². The first-order valence-corrected chi connectivity index (χ1v) is 8.78. The van der Waals surface area contributed by atoms with Crippen molar-refractivity contribution in [3.63, 3.8) is 0 Å². The highest BCUT2D eigenvalue weighted by atomic mass is 79.9. The van der Waals surface area contributed by atoms with Crippen LogP contribution in [0.3, 0.4) is 0 Å². The summed E-state index contributed by atoms with van der Waals surface area (Å²) in [5.41, 5.74) is 1.02. The van der Waals surface area contributed by atoms with Crippen molar-refractivity contribution >= 4 is 26.0 Å². The smallest absolute Gasteiger partial charge is 0.242 e. The van der Waals surface area contributed by atoms with Gasteiger partial charge in [0.05, 0.1) is 17.0 Å². The summed E-state index contributed by atoms with van der Waals surface area (Å²) < 4.78 is 33.5. The van der Waals surface area contributed by atoms with E-state index in [0.29, 0.717) is 24.0 Å². The molecule has 2 rings (SSSR count). The van der Waals surface area contributed by atoms with Crippen molar-refractivity contribution in [2.75, 3.05) is 13.7 Å². The molecule has 0 spiro atoms. The van der Waals surface area contributed by atoms with E-state index in [-0.39, 0.29) is 17.0 Å². The predicted octanol–water partition coefficient (Wildman–Crippen LogP) is 1.62. The van der Waals surface area contributed by atoms with Crippen LogP contribution in [0.4, 0.5) is 0 Å². The molecule has 7 heteroatoms. The maximum Gasteiger partial charge on any atom is 0.242 e. The summed E-state index contributed by atoms with van der Waals surface area (Å²) in [5, 5.41) is 3.03. The van der Waals surface area contributed by atoms with Crippen LogP contribution in [0.2, 0.25) is 0 Å². The Kier molecular flexibility index (Phi) is 5.19. The van der Waals surface area contributed by atoms with Crippen molar-refractivity contribution in [2.24, 2.45) is 0 Å². The molecule has 1 heterocycles. The van der Waals surface area contributed by atoms with Crippen LogP contribution in [0.1, 0.15) is 18.9 Å². The van der Waals surface area contributed by atoms with Crippen LogP contribution in [0.15, 0.2) is 27.6 Å². The topological polar surface area (TPSA) is 67.4 Å². The summed E-state index contributed by atoms with van der Waals surface area (Å²) in [4.78, 5) is 0.261. The molecule has 2 N–H and O–H groups in total. The van der Waals surface area contributed by atoms with E-state index >= 15 is 0 Å². The summed E-state index contributed by atoms with van der Waals surface area (Å²) >= 11 is 3.34. The van der Waals surface area contributed by atoms with Gasteiger partial charge in [-0.25, -0.2) is 13.1 Å². The largest absolute Gasteiger partial charge is 0.377 e. The number of rotatable bonds is 5. The van der Waals surface area contributed by atoms with Gasteiger partial charge >= 0.3 is 0 Å². The average Bonchev–Trinajstić information content (AvgIpc) is 2.74. The highest BCUT2D eigenvalue weighted by molar-refractivity contribution is 9.10. The highest BCUT2D eigenvalue weighted by Gasteiger charge is 2.30. The molecule has 1 saturated heterocycles. The van der Waals surface area contributed by atoms with E-state index in [0.717, 1.165) is 5.56 Å². The van der Waals surface area contributed by atoms with Gasteiger partial charge < -0.3 is 10.1 Å². The minimum atomic E-state index is -3.54. The first-order chi connectivity index (χ1) is 9.44. The van der Waals surface area contributed by atoms with Gasteiger partial charge in [-0.3, -0.25) is 0 Å². The molecule has 0 aromatic heterocycles. The summed E-state index contributed by atoms with van der Waals surface area (Å²) in [7, 11) is -1.69. The second-order valence-corrected chi connectivity index (χ2v) is 7.42. The third-order valence-electron chi connectivity index (χ3n) is 3.35. The monoisotopic (exact) mass is 362 g/mol. The van der Waals surface area contributed by atoms with Gasteiger partial charge in [-0.2, -0.15) is 0 Å². The summed E-state index contributed by atoms with van der Waals surface area (Å²) in [6, 6.07) is 5.09. The van der Waals surface area contributed by atoms with Crippen LogP contribution < -0.4 is 10.0 Å². The van der Waals surface area contributed by atoms with Gasteiger partial charge in [0.1, 0.15) is 0 Å². The second kappa shape index (κ2) is 6.53. The van der Waals surface area contributed by atoms with Crippen LogP contribution >= 0.6 is 15.9 Å². The number of sulfonamides is 1. The van der Waals surface area contributed by atoms with E-state index in [2.05, 4.69) is 26.0 Å². The molecule has 2 unspecified atom stereocenters. The molecular weight excluding hydrogens is 344 g/mol. The summed E-state index contributed by atoms with van der Waals surface area (Å²) in [5.74, 6) is 0. The number of ether oxygens (including phenoxy) is 1. The maximum atomic E-state index is 12.4. The quantitative estimate of drug-likeness (QED) is 0.835. The SMILES string of the molecule is CNCc1ccc(S(=O)(=O)NC2CCOC2C)c(Br)c1. The Morgan fingerprint density at radius 1 is 1.45 bits per heavy atom. The van der Waals surface area contributed by atoms with Crippen molar-refractivity contribution in [1.82, 2.24) is 10.0 Å². The summed E-state index contributed by atoms with van der Waals surface area (Å²) in [6.45, 7) is 3.17. The fraction of sp³-hybridized carbons (Fsp3) is 0.538. The highest BCUT2D eigenvalue weighted by Crippen LogP contribution is 2.25. The number of hydrogen-bond donors (Lipinski definition) is 2. The van der Waals surface area contributed by atoms with Crippen molar-refractivity contribution in [3.8, 4) is 0 Å². The van der Waals surface area contributed by atoms with E-state index in [9.17, 15) is 8.42 Å². The minimum absolute atomic E-state index is 0.0906. The fourth-order valence-corrected chi connectivity index (χ4v) is 4.69. The predicted molar refractivity (Wildman–Crippen MR) is 81.0 cm³/mol. The molecule has 1 aromatic rings. The molecule has 5 nitrogen and oxygen atoms in total. The first-order valence-electron chi connectivity index (χ1n) is 6.51. The number of halogens is 1. The Morgan fingerprint density at radius 2 is 2.20 bits per heavy atom. The Labute approximate surface area is 128 Å². The third kappa shape index (κ3) is 3.59.